The van der Waals surface area contributed by atoms with Crippen molar-refractivity contribution in [2.45, 2.75) is 39.0 Å². The highest BCUT2D eigenvalue weighted by Crippen LogP contribution is 2.33. The minimum absolute atomic E-state index is 0. The number of fused-ring (bicyclic) bond motifs is 1. The number of rotatable bonds is 5. The summed E-state index contributed by atoms with van der Waals surface area (Å²) in [6.07, 6.45) is 5.69. The molecule has 0 radical (unpaired) electrons. The van der Waals surface area contributed by atoms with E-state index >= 15 is 0 Å². The van der Waals surface area contributed by atoms with Crippen LogP contribution in [0.1, 0.15) is 23.6 Å². The van der Waals surface area contributed by atoms with Gasteiger partial charge in [0.2, 0.25) is 0 Å². The van der Waals surface area contributed by atoms with Gasteiger partial charge in [-0.15, -0.1) is 12.4 Å². The number of hydrogen-bond donors (Lipinski definition) is 1. The monoisotopic (exact) mass is 530 g/mol. The van der Waals surface area contributed by atoms with Gasteiger partial charge in [-0.2, -0.15) is 5.10 Å². The van der Waals surface area contributed by atoms with Crippen LogP contribution >= 0.6 is 24.0 Å². The van der Waals surface area contributed by atoms with Gasteiger partial charge in [-0.1, -0.05) is 11.6 Å². The van der Waals surface area contributed by atoms with Gasteiger partial charge in [0.15, 0.2) is 0 Å². The molecule has 4 heterocycles. The van der Waals surface area contributed by atoms with Crippen molar-refractivity contribution in [1.82, 2.24) is 29.0 Å². The lowest BCUT2D eigenvalue weighted by molar-refractivity contribution is -0.0262. The summed E-state index contributed by atoms with van der Waals surface area (Å²) in [5.41, 5.74) is 4.65. The van der Waals surface area contributed by atoms with Crippen LogP contribution in [0.5, 0.6) is 0 Å². The number of nitrogens with zero attached hydrogens (tertiary/aromatic N) is 5. The summed E-state index contributed by atoms with van der Waals surface area (Å²) in [6, 6.07) is 7.18. The lowest BCUT2D eigenvalue weighted by atomic mass is 9.93. The molecule has 1 N–H and O–H groups in total. The first-order chi connectivity index (χ1) is 16.8. The molecular weight excluding hydrogens is 503 g/mol. The molecule has 4 aromatic rings. The topological polar surface area (TPSA) is 95.5 Å². The van der Waals surface area contributed by atoms with Crippen LogP contribution in [0.4, 0.5) is 0 Å². The van der Waals surface area contributed by atoms with Crippen molar-refractivity contribution in [3.05, 3.63) is 85.5 Å². The average molecular weight is 531 g/mol. The summed E-state index contributed by atoms with van der Waals surface area (Å²) in [6.45, 7) is 5.87. The van der Waals surface area contributed by atoms with Gasteiger partial charge in [0.1, 0.15) is 6.33 Å². The SMILES string of the molecule is Cc1cc(Cl)cc(-c2ncnn3cc(Cn4c(=O)ccn(C)c4=O)cc23)c1CC1CNC[C@H](C)O1.Cl. The average Bonchev–Trinajstić information content (AvgIpc) is 3.24. The predicted octanol–water partition coefficient (Wildman–Crippen LogP) is 2.61. The Bertz CT molecular complexity index is 1530. The van der Waals surface area contributed by atoms with Gasteiger partial charge in [0.05, 0.1) is 30.0 Å². The molecule has 1 aromatic carbocycles. The molecule has 11 heteroatoms. The number of aryl methyl sites for hydroxylation is 2. The molecule has 190 valence electrons. The van der Waals surface area contributed by atoms with E-state index < -0.39 is 0 Å². The van der Waals surface area contributed by atoms with E-state index in [4.69, 9.17) is 16.3 Å². The molecule has 1 fully saturated rings. The summed E-state index contributed by atoms with van der Waals surface area (Å²) in [5, 5.41) is 8.41. The Kier molecular flexibility index (Phi) is 7.65. The quantitative estimate of drug-likeness (QED) is 0.426. The smallest absolute Gasteiger partial charge is 0.331 e. The molecule has 1 unspecified atom stereocenters. The van der Waals surface area contributed by atoms with Gasteiger partial charge < -0.3 is 14.6 Å². The van der Waals surface area contributed by atoms with E-state index in [0.29, 0.717) is 5.02 Å². The van der Waals surface area contributed by atoms with Crippen LogP contribution in [0, 0.1) is 6.92 Å². The highest BCUT2D eigenvalue weighted by molar-refractivity contribution is 6.31. The van der Waals surface area contributed by atoms with Gasteiger partial charge in [-0.05, 0) is 48.7 Å². The second-order valence-corrected chi connectivity index (χ2v) is 9.54. The maximum Gasteiger partial charge on any atom is 0.331 e. The van der Waals surface area contributed by atoms with Crippen LogP contribution < -0.4 is 16.6 Å². The largest absolute Gasteiger partial charge is 0.372 e. The number of ether oxygens (including phenoxy) is 1. The second-order valence-electron chi connectivity index (χ2n) is 9.10. The van der Waals surface area contributed by atoms with E-state index in [1.54, 1.807) is 11.6 Å². The number of hydrogen-bond acceptors (Lipinski definition) is 6. The third-order valence-electron chi connectivity index (χ3n) is 6.40. The molecule has 0 amide bonds. The fourth-order valence-corrected chi connectivity index (χ4v) is 4.97. The molecule has 36 heavy (non-hydrogen) atoms. The van der Waals surface area contributed by atoms with Crippen molar-refractivity contribution in [2.75, 3.05) is 13.1 Å². The Morgan fingerprint density at radius 3 is 2.81 bits per heavy atom. The van der Waals surface area contributed by atoms with E-state index in [0.717, 1.165) is 53.0 Å². The standard InChI is InChI=1S/C25H27ClN6O3.ClH/c1-15-6-18(26)8-21(20(15)9-19-11-27-10-16(2)35-19)24-22-7-17(13-32(22)29-14-28-24)12-31-23(33)4-5-30(3)25(31)34;/h4-8,13-14,16,19,27H,9-12H2,1-3H3;1H/t16-,19?;/m0./s1. The van der Waals surface area contributed by atoms with Crippen LogP contribution in [0.25, 0.3) is 16.8 Å². The molecule has 2 atom stereocenters. The fraction of sp³-hybridized carbons (Fsp3) is 0.360. The van der Waals surface area contributed by atoms with Gasteiger partial charge in [-0.3, -0.25) is 9.36 Å². The number of aromatic nitrogens is 5. The van der Waals surface area contributed by atoms with Crippen molar-refractivity contribution < 1.29 is 4.74 Å². The van der Waals surface area contributed by atoms with Gasteiger partial charge in [-0.25, -0.2) is 14.3 Å². The van der Waals surface area contributed by atoms with E-state index in [9.17, 15) is 9.59 Å². The van der Waals surface area contributed by atoms with Crippen molar-refractivity contribution >= 4 is 29.5 Å². The summed E-state index contributed by atoms with van der Waals surface area (Å²) in [4.78, 5) is 29.4. The minimum atomic E-state index is -0.373. The molecule has 0 aliphatic carbocycles. The maximum atomic E-state index is 12.5. The maximum absolute atomic E-state index is 12.5. The van der Waals surface area contributed by atoms with E-state index in [1.165, 1.54) is 27.7 Å². The summed E-state index contributed by atoms with van der Waals surface area (Å²) in [7, 11) is 1.62. The zero-order valence-corrected chi connectivity index (χ0v) is 21.8. The molecule has 3 aromatic heterocycles. The minimum Gasteiger partial charge on any atom is -0.372 e. The Balaban J connectivity index is 0.00000304. The highest BCUT2D eigenvalue weighted by Gasteiger charge is 2.23. The highest BCUT2D eigenvalue weighted by atomic mass is 35.5. The van der Waals surface area contributed by atoms with E-state index in [-0.39, 0.29) is 42.4 Å². The van der Waals surface area contributed by atoms with Crippen LogP contribution in [0.3, 0.4) is 0 Å². The summed E-state index contributed by atoms with van der Waals surface area (Å²) in [5.74, 6) is 0. The van der Waals surface area contributed by atoms with E-state index in [1.807, 2.05) is 31.3 Å². The van der Waals surface area contributed by atoms with Crippen LogP contribution in [-0.4, -0.2) is 49.0 Å². The first kappa shape index (κ1) is 26.1. The van der Waals surface area contributed by atoms with Gasteiger partial charge in [0, 0.05) is 55.6 Å². The molecule has 9 nitrogen and oxygen atoms in total. The van der Waals surface area contributed by atoms with Crippen LogP contribution in [-0.2, 0) is 24.8 Å². The Morgan fingerprint density at radius 2 is 2.03 bits per heavy atom. The molecule has 1 aliphatic heterocycles. The Morgan fingerprint density at radius 1 is 1.22 bits per heavy atom. The van der Waals surface area contributed by atoms with Crippen molar-refractivity contribution in [2.24, 2.45) is 7.05 Å². The number of halogens is 2. The first-order valence-electron chi connectivity index (χ1n) is 11.5. The molecule has 1 aliphatic rings. The lowest BCUT2D eigenvalue weighted by Gasteiger charge is -2.30. The third kappa shape index (κ3) is 5.10. The second kappa shape index (κ2) is 10.6. The summed E-state index contributed by atoms with van der Waals surface area (Å²) < 4.78 is 10.5. The normalized spacial score (nSPS) is 17.8. The van der Waals surface area contributed by atoms with Gasteiger partial charge >= 0.3 is 5.69 Å². The molecule has 1 saturated heterocycles. The molecule has 0 spiro atoms. The zero-order valence-electron chi connectivity index (χ0n) is 20.3. The number of morpholine rings is 1. The zero-order chi connectivity index (χ0) is 24.7. The summed E-state index contributed by atoms with van der Waals surface area (Å²) >= 11 is 6.48. The predicted molar refractivity (Wildman–Crippen MR) is 141 cm³/mol. The Labute approximate surface area is 219 Å². The Hall–Kier alpha value is -2.98. The van der Waals surface area contributed by atoms with E-state index in [2.05, 4.69) is 22.3 Å². The van der Waals surface area contributed by atoms with Crippen LogP contribution in [0.2, 0.25) is 5.02 Å². The molecular formula is C25H28Cl2N6O3. The number of nitrogens with one attached hydrogen (secondary N) is 1. The molecule has 0 saturated carbocycles. The molecule has 0 bridgehead atoms. The van der Waals surface area contributed by atoms with Crippen molar-refractivity contribution in [3.8, 4) is 11.3 Å². The van der Waals surface area contributed by atoms with Crippen LogP contribution in [0.15, 0.2) is 52.6 Å². The fourth-order valence-electron chi connectivity index (χ4n) is 4.69. The van der Waals surface area contributed by atoms with Crippen molar-refractivity contribution in [3.63, 3.8) is 0 Å². The third-order valence-corrected chi connectivity index (χ3v) is 6.61. The van der Waals surface area contributed by atoms with Crippen molar-refractivity contribution in [1.29, 1.82) is 0 Å². The number of benzene rings is 1. The molecule has 5 rings (SSSR count). The first-order valence-corrected chi connectivity index (χ1v) is 11.9. The lowest BCUT2D eigenvalue weighted by Crippen LogP contribution is -2.44. The van der Waals surface area contributed by atoms with Gasteiger partial charge in [0.25, 0.3) is 5.56 Å².